The maximum absolute atomic E-state index is 13.0. The highest BCUT2D eigenvalue weighted by Gasteiger charge is 2.54. The smallest absolute Gasteiger partial charge is 0.338 e. The molecular formula is C18H15F6N5O. The van der Waals surface area contributed by atoms with Crippen LogP contribution in [0, 0.1) is 11.8 Å². The lowest BCUT2D eigenvalue weighted by Crippen LogP contribution is -2.32. The van der Waals surface area contributed by atoms with Gasteiger partial charge >= 0.3 is 12.4 Å². The Morgan fingerprint density at radius 2 is 1.60 bits per heavy atom. The molecule has 0 spiro atoms. The summed E-state index contributed by atoms with van der Waals surface area (Å²) in [7, 11) is 0. The Morgan fingerprint density at radius 1 is 1.03 bits per heavy atom. The van der Waals surface area contributed by atoms with Crippen molar-refractivity contribution in [1.29, 1.82) is 0 Å². The third-order valence-electron chi connectivity index (χ3n) is 5.30. The number of piperidine rings is 1. The number of carbonyl (C=O) groups excluding carboxylic acids is 1. The van der Waals surface area contributed by atoms with Gasteiger partial charge in [0.1, 0.15) is 6.33 Å². The van der Waals surface area contributed by atoms with Crippen LogP contribution in [0.3, 0.4) is 0 Å². The van der Waals surface area contributed by atoms with E-state index in [4.69, 9.17) is 5.73 Å². The molecule has 1 saturated heterocycles. The van der Waals surface area contributed by atoms with Gasteiger partial charge < -0.3 is 10.6 Å². The summed E-state index contributed by atoms with van der Waals surface area (Å²) < 4.78 is 79.0. The molecule has 2 aromatic rings. The third-order valence-corrected chi connectivity index (χ3v) is 5.30. The summed E-state index contributed by atoms with van der Waals surface area (Å²) in [6.45, 7) is 1.12. The van der Waals surface area contributed by atoms with E-state index < -0.39 is 29.0 Å². The van der Waals surface area contributed by atoms with E-state index in [1.165, 1.54) is 12.3 Å². The standard InChI is InChI=1S/C18H15F6N5O/c19-17(20,21)10-3-9(4-11(5-10)18(22,23)24)16-26-8-29(27-16)2-1-14(30)28-6-12-13(7-28)15(12)25/h1-5,8,12-13,15H,6-7,25H2. The maximum atomic E-state index is 13.0. The topological polar surface area (TPSA) is 77.0 Å². The molecule has 1 aromatic carbocycles. The van der Waals surface area contributed by atoms with Crippen LogP contribution in [0.1, 0.15) is 11.1 Å². The maximum Gasteiger partial charge on any atom is 0.416 e. The van der Waals surface area contributed by atoms with E-state index in [1.54, 1.807) is 4.90 Å². The van der Waals surface area contributed by atoms with Gasteiger partial charge in [-0.2, -0.15) is 26.3 Å². The Bertz CT molecular complexity index is 967. The lowest BCUT2D eigenvalue weighted by atomic mass is 10.0. The molecule has 12 heteroatoms. The van der Waals surface area contributed by atoms with Crippen LogP contribution in [0.25, 0.3) is 17.6 Å². The summed E-state index contributed by atoms with van der Waals surface area (Å²) in [4.78, 5) is 17.5. The van der Waals surface area contributed by atoms with Crippen molar-refractivity contribution < 1.29 is 31.1 Å². The van der Waals surface area contributed by atoms with Gasteiger partial charge in [0.15, 0.2) is 5.82 Å². The number of likely N-dealkylation sites (tertiary alicyclic amines) is 1. The molecule has 2 atom stereocenters. The highest BCUT2D eigenvalue weighted by Crippen LogP contribution is 2.43. The molecule has 2 unspecified atom stereocenters. The van der Waals surface area contributed by atoms with E-state index in [0.717, 1.165) is 11.0 Å². The van der Waals surface area contributed by atoms with Gasteiger partial charge in [0.2, 0.25) is 5.91 Å². The van der Waals surface area contributed by atoms with Gasteiger partial charge in [0.05, 0.1) is 11.1 Å². The summed E-state index contributed by atoms with van der Waals surface area (Å²) in [5.74, 6) is -0.00455. The van der Waals surface area contributed by atoms with Crippen molar-refractivity contribution in [3.63, 3.8) is 0 Å². The van der Waals surface area contributed by atoms with E-state index in [9.17, 15) is 31.1 Å². The van der Waals surface area contributed by atoms with E-state index in [0.29, 0.717) is 37.1 Å². The molecule has 2 aliphatic rings. The van der Waals surface area contributed by atoms with E-state index in [-0.39, 0.29) is 23.8 Å². The SMILES string of the molecule is NC1C2CN(C(=O)C=Cn3cnc(-c4cc(C(F)(F)F)cc(C(F)(F)F)c4)n3)CC12. The first-order valence-corrected chi connectivity index (χ1v) is 8.87. The largest absolute Gasteiger partial charge is 0.416 e. The summed E-state index contributed by atoms with van der Waals surface area (Å²) in [6.07, 6.45) is -6.40. The third kappa shape index (κ3) is 3.91. The number of aromatic nitrogens is 3. The number of carbonyl (C=O) groups is 1. The van der Waals surface area contributed by atoms with Crippen LogP contribution in [0.15, 0.2) is 30.6 Å². The Morgan fingerprint density at radius 3 is 2.13 bits per heavy atom. The fraction of sp³-hybridized carbons (Fsp3) is 0.389. The quantitative estimate of drug-likeness (QED) is 0.599. The summed E-state index contributed by atoms with van der Waals surface area (Å²) >= 11 is 0. The minimum atomic E-state index is -4.97. The van der Waals surface area contributed by atoms with Crippen LogP contribution in [0.5, 0.6) is 0 Å². The highest BCUT2D eigenvalue weighted by molar-refractivity contribution is 5.90. The first kappa shape index (κ1) is 20.4. The minimum absolute atomic E-state index is 0.0333. The molecule has 160 valence electrons. The van der Waals surface area contributed by atoms with Crippen LogP contribution in [-0.4, -0.2) is 44.7 Å². The monoisotopic (exact) mass is 431 g/mol. The van der Waals surface area contributed by atoms with Crippen molar-refractivity contribution in [2.24, 2.45) is 17.6 Å². The number of nitrogens with two attached hydrogens (primary N) is 1. The van der Waals surface area contributed by atoms with Crippen molar-refractivity contribution in [2.75, 3.05) is 13.1 Å². The number of hydrogen-bond donors (Lipinski definition) is 1. The van der Waals surface area contributed by atoms with Crippen molar-refractivity contribution in [2.45, 2.75) is 18.4 Å². The van der Waals surface area contributed by atoms with Crippen LogP contribution in [0.4, 0.5) is 26.3 Å². The second-order valence-electron chi connectivity index (χ2n) is 7.31. The van der Waals surface area contributed by atoms with Crippen molar-refractivity contribution >= 4 is 12.1 Å². The average molecular weight is 431 g/mol. The number of alkyl halides is 6. The molecule has 1 aliphatic heterocycles. The normalized spacial score (nSPS) is 23.8. The number of halogens is 6. The highest BCUT2D eigenvalue weighted by atomic mass is 19.4. The van der Waals surface area contributed by atoms with Crippen LogP contribution in [-0.2, 0) is 17.1 Å². The number of hydrogen-bond acceptors (Lipinski definition) is 4. The molecule has 6 nitrogen and oxygen atoms in total. The average Bonchev–Trinajstić information content (AvgIpc) is 3.09. The molecule has 0 bridgehead atoms. The predicted octanol–water partition coefficient (Wildman–Crippen LogP) is 2.87. The zero-order chi connectivity index (χ0) is 21.8. The molecule has 1 aliphatic carbocycles. The first-order valence-electron chi connectivity index (χ1n) is 8.87. The van der Waals surface area contributed by atoms with E-state index in [1.807, 2.05) is 0 Å². The molecule has 30 heavy (non-hydrogen) atoms. The van der Waals surface area contributed by atoms with Gasteiger partial charge in [0.25, 0.3) is 0 Å². The number of fused-ring (bicyclic) bond motifs is 1. The minimum Gasteiger partial charge on any atom is -0.338 e. The lowest BCUT2D eigenvalue weighted by molar-refractivity contribution is -0.143. The molecule has 0 radical (unpaired) electrons. The molecule has 2 fully saturated rings. The van der Waals surface area contributed by atoms with Crippen LogP contribution >= 0.6 is 0 Å². The molecule has 1 amide bonds. The fourth-order valence-corrected chi connectivity index (χ4v) is 3.56. The second kappa shape index (κ2) is 6.83. The van der Waals surface area contributed by atoms with Gasteiger partial charge in [-0.1, -0.05) is 0 Å². The Hall–Kier alpha value is -2.89. The van der Waals surface area contributed by atoms with Crippen molar-refractivity contribution in [3.8, 4) is 11.4 Å². The molecule has 4 rings (SSSR count). The van der Waals surface area contributed by atoms with Gasteiger partial charge in [-0.15, -0.1) is 5.10 Å². The fourth-order valence-electron chi connectivity index (χ4n) is 3.56. The van der Waals surface area contributed by atoms with E-state index >= 15 is 0 Å². The first-order chi connectivity index (χ1) is 13.9. The van der Waals surface area contributed by atoms with Crippen molar-refractivity contribution in [3.05, 3.63) is 41.7 Å². The molecule has 1 saturated carbocycles. The van der Waals surface area contributed by atoms with Gasteiger partial charge in [-0.05, 0) is 30.0 Å². The van der Waals surface area contributed by atoms with E-state index in [2.05, 4.69) is 10.1 Å². The zero-order valence-electron chi connectivity index (χ0n) is 15.2. The lowest BCUT2D eigenvalue weighted by Gasteiger charge is -2.16. The van der Waals surface area contributed by atoms with Gasteiger partial charge in [-0.3, -0.25) is 4.79 Å². The van der Waals surface area contributed by atoms with Gasteiger partial charge in [0, 0.05) is 37.0 Å². The molecular weight excluding hydrogens is 416 g/mol. The van der Waals surface area contributed by atoms with Crippen LogP contribution < -0.4 is 5.73 Å². The number of amides is 1. The Balaban J connectivity index is 1.54. The predicted molar refractivity (Wildman–Crippen MR) is 92.3 cm³/mol. The summed E-state index contributed by atoms with van der Waals surface area (Å²) in [5.41, 5.74) is 2.46. The van der Waals surface area contributed by atoms with Gasteiger partial charge in [-0.25, -0.2) is 9.67 Å². The van der Waals surface area contributed by atoms with Crippen LogP contribution in [0.2, 0.25) is 0 Å². The number of rotatable bonds is 3. The molecule has 2 N–H and O–H groups in total. The second-order valence-corrected chi connectivity index (χ2v) is 7.31. The summed E-state index contributed by atoms with van der Waals surface area (Å²) in [5, 5.41) is 3.85. The van der Waals surface area contributed by atoms with Crippen molar-refractivity contribution in [1.82, 2.24) is 19.7 Å². The number of benzene rings is 1. The molecule has 2 heterocycles. The summed E-state index contributed by atoms with van der Waals surface area (Å²) in [6, 6.07) is 1.25. The number of nitrogens with zero attached hydrogens (tertiary/aromatic N) is 4. The molecule has 1 aromatic heterocycles. The Labute approximate surface area is 166 Å². The Kier molecular flexibility index (Phi) is 4.64. The zero-order valence-corrected chi connectivity index (χ0v) is 15.2.